The third kappa shape index (κ3) is 3.24. The second-order valence-corrected chi connectivity index (χ2v) is 5.54. The fourth-order valence-electron chi connectivity index (χ4n) is 2.96. The summed E-state index contributed by atoms with van der Waals surface area (Å²) < 4.78 is 10.5. The highest BCUT2D eigenvalue weighted by Crippen LogP contribution is 2.40. The summed E-state index contributed by atoms with van der Waals surface area (Å²) in [6.07, 6.45) is 0. The Labute approximate surface area is 137 Å². The zero-order valence-corrected chi connectivity index (χ0v) is 13.0. The molecule has 2 fully saturated rings. The predicted octanol–water partition coefficient (Wildman–Crippen LogP) is 1.18. The Bertz CT molecular complexity index is 585. The molecule has 0 aliphatic carbocycles. The average molecular weight is 338 g/mol. The van der Waals surface area contributed by atoms with E-state index in [1.54, 1.807) is 9.80 Å². The summed E-state index contributed by atoms with van der Waals surface area (Å²) in [6, 6.07) is 2.63. The van der Waals surface area contributed by atoms with Crippen molar-refractivity contribution in [1.29, 1.82) is 0 Å². The van der Waals surface area contributed by atoms with E-state index in [4.69, 9.17) is 9.47 Å². The van der Waals surface area contributed by atoms with Gasteiger partial charge in [0.05, 0.1) is 36.3 Å². The van der Waals surface area contributed by atoms with E-state index in [-0.39, 0.29) is 22.7 Å². The molecule has 2 saturated heterocycles. The lowest BCUT2D eigenvalue weighted by Gasteiger charge is -2.31. The van der Waals surface area contributed by atoms with Gasteiger partial charge in [0.15, 0.2) is 0 Å². The molecule has 0 atom stereocenters. The molecule has 1 aromatic carbocycles. The van der Waals surface area contributed by atoms with Gasteiger partial charge in [-0.25, -0.2) is 0 Å². The van der Waals surface area contributed by atoms with Crippen LogP contribution in [0, 0.1) is 20.2 Å². The van der Waals surface area contributed by atoms with E-state index < -0.39 is 9.85 Å². The first-order valence-electron chi connectivity index (χ1n) is 7.70. The van der Waals surface area contributed by atoms with Crippen LogP contribution in [-0.4, -0.2) is 62.5 Å². The van der Waals surface area contributed by atoms with Crippen LogP contribution in [0.3, 0.4) is 0 Å². The maximum absolute atomic E-state index is 11.5. The summed E-state index contributed by atoms with van der Waals surface area (Å²) in [5.74, 6) is 0. The van der Waals surface area contributed by atoms with E-state index in [1.807, 2.05) is 0 Å². The molecular weight excluding hydrogens is 320 g/mol. The van der Waals surface area contributed by atoms with Crippen molar-refractivity contribution in [3.8, 4) is 0 Å². The van der Waals surface area contributed by atoms with Gasteiger partial charge in [-0.05, 0) is 0 Å². The highest BCUT2D eigenvalue weighted by molar-refractivity contribution is 5.78. The molecule has 0 unspecified atom stereocenters. The number of rotatable bonds is 4. The highest BCUT2D eigenvalue weighted by atomic mass is 16.6. The Morgan fingerprint density at radius 3 is 1.38 bits per heavy atom. The number of benzene rings is 1. The normalized spacial score (nSPS) is 18.5. The fourth-order valence-corrected chi connectivity index (χ4v) is 2.96. The van der Waals surface area contributed by atoms with Crippen molar-refractivity contribution in [2.75, 3.05) is 62.4 Å². The van der Waals surface area contributed by atoms with Gasteiger partial charge in [0, 0.05) is 38.3 Å². The topological polar surface area (TPSA) is 111 Å². The lowest BCUT2D eigenvalue weighted by Crippen LogP contribution is -2.38. The predicted molar refractivity (Wildman–Crippen MR) is 85.8 cm³/mol. The molecule has 3 rings (SSSR count). The van der Waals surface area contributed by atoms with E-state index in [0.29, 0.717) is 52.6 Å². The van der Waals surface area contributed by atoms with Gasteiger partial charge < -0.3 is 19.3 Å². The number of hydrogen-bond donors (Lipinski definition) is 0. The van der Waals surface area contributed by atoms with Crippen molar-refractivity contribution >= 4 is 22.7 Å². The Balaban J connectivity index is 2.07. The molecule has 0 aromatic heterocycles. The molecule has 10 nitrogen and oxygen atoms in total. The SMILES string of the molecule is O=[N+]([O-])c1cc(N2CCOCC2)c([N+](=O)[O-])cc1N1CCOCC1. The monoisotopic (exact) mass is 338 g/mol. The van der Waals surface area contributed by atoms with Gasteiger partial charge in [-0.2, -0.15) is 0 Å². The summed E-state index contributed by atoms with van der Waals surface area (Å²) in [7, 11) is 0. The number of anilines is 2. The molecule has 2 aliphatic rings. The maximum atomic E-state index is 11.5. The van der Waals surface area contributed by atoms with Gasteiger partial charge >= 0.3 is 0 Å². The van der Waals surface area contributed by atoms with E-state index in [9.17, 15) is 20.2 Å². The highest BCUT2D eigenvalue weighted by Gasteiger charge is 2.30. The number of nitrogens with zero attached hydrogens (tertiary/aromatic N) is 4. The molecule has 2 heterocycles. The first kappa shape index (κ1) is 16.4. The number of ether oxygens (including phenoxy) is 2. The van der Waals surface area contributed by atoms with Gasteiger partial charge in [0.1, 0.15) is 11.4 Å². The summed E-state index contributed by atoms with van der Waals surface area (Å²) in [6.45, 7) is 3.63. The van der Waals surface area contributed by atoms with Gasteiger partial charge in [0.25, 0.3) is 11.4 Å². The van der Waals surface area contributed by atoms with Crippen LogP contribution < -0.4 is 9.80 Å². The first-order valence-corrected chi connectivity index (χ1v) is 7.70. The van der Waals surface area contributed by atoms with Crippen LogP contribution in [0.1, 0.15) is 0 Å². The average Bonchev–Trinajstić information content (AvgIpc) is 2.62. The van der Waals surface area contributed by atoms with Crippen molar-refractivity contribution in [2.24, 2.45) is 0 Å². The van der Waals surface area contributed by atoms with Crippen molar-refractivity contribution in [3.63, 3.8) is 0 Å². The van der Waals surface area contributed by atoms with Gasteiger partial charge in [-0.1, -0.05) is 0 Å². The Morgan fingerprint density at radius 2 is 1.08 bits per heavy atom. The van der Waals surface area contributed by atoms with E-state index >= 15 is 0 Å². The van der Waals surface area contributed by atoms with E-state index in [0.717, 1.165) is 0 Å². The largest absolute Gasteiger partial charge is 0.378 e. The van der Waals surface area contributed by atoms with Gasteiger partial charge in [-0.15, -0.1) is 0 Å². The molecule has 24 heavy (non-hydrogen) atoms. The smallest absolute Gasteiger partial charge is 0.295 e. The maximum Gasteiger partial charge on any atom is 0.295 e. The molecule has 0 bridgehead atoms. The summed E-state index contributed by atoms with van der Waals surface area (Å²) in [4.78, 5) is 25.6. The number of morpholine rings is 2. The van der Waals surface area contributed by atoms with Crippen molar-refractivity contribution in [2.45, 2.75) is 0 Å². The van der Waals surface area contributed by atoms with E-state index in [2.05, 4.69) is 0 Å². The Kier molecular flexibility index (Phi) is 4.76. The lowest BCUT2D eigenvalue weighted by molar-refractivity contribution is -0.388. The third-order valence-corrected chi connectivity index (χ3v) is 4.17. The second kappa shape index (κ2) is 6.97. The second-order valence-electron chi connectivity index (χ2n) is 5.54. The Morgan fingerprint density at radius 1 is 0.750 bits per heavy atom. The van der Waals surface area contributed by atoms with Gasteiger partial charge in [0.2, 0.25) is 0 Å². The molecule has 0 N–H and O–H groups in total. The third-order valence-electron chi connectivity index (χ3n) is 4.17. The molecular formula is C14H18N4O6. The van der Waals surface area contributed by atoms with Crippen LogP contribution in [-0.2, 0) is 9.47 Å². The van der Waals surface area contributed by atoms with Crippen LogP contribution in [0.4, 0.5) is 22.7 Å². The van der Waals surface area contributed by atoms with Crippen LogP contribution in [0.25, 0.3) is 0 Å². The van der Waals surface area contributed by atoms with Crippen LogP contribution in [0.2, 0.25) is 0 Å². The fraction of sp³-hybridized carbons (Fsp3) is 0.571. The Hall–Kier alpha value is -2.46. The van der Waals surface area contributed by atoms with Crippen LogP contribution in [0.5, 0.6) is 0 Å². The van der Waals surface area contributed by atoms with Crippen molar-refractivity contribution < 1.29 is 19.3 Å². The molecule has 2 aliphatic heterocycles. The van der Waals surface area contributed by atoms with Crippen molar-refractivity contribution in [1.82, 2.24) is 0 Å². The van der Waals surface area contributed by atoms with Crippen LogP contribution in [0.15, 0.2) is 12.1 Å². The summed E-state index contributed by atoms with van der Waals surface area (Å²) in [5, 5.41) is 23.0. The molecule has 130 valence electrons. The zero-order chi connectivity index (χ0) is 17.1. The van der Waals surface area contributed by atoms with E-state index in [1.165, 1.54) is 12.1 Å². The molecule has 1 aromatic rings. The van der Waals surface area contributed by atoms with Crippen molar-refractivity contribution in [3.05, 3.63) is 32.4 Å². The lowest BCUT2D eigenvalue weighted by atomic mass is 10.1. The molecule has 0 saturated carbocycles. The first-order chi connectivity index (χ1) is 11.6. The van der Waals surface area contributed by atoms with Crippen LogP contribution >= 0.6 is 0 Å². The quantitative estimate of drug-likeness (QED) is 0.594. The number of hydrogen-bond acceptors (Lipinski definition) is 8. The minimum Gasteiger partial charge on any atom is -0.378 e. The zero-order valence-electron chi connectivity index (χ0n) is 13.0. The minimum absolute atomic E-state index is 0.121. The number of nitro benzene ring substituents is 2. The number of nitro groups is 2. The summed E-state index contributed by atoms with van der Waals surface area (Å²) in [5.41, 5.74) is 0.298. The molecule has 10 heteroatoms. The standard InChI is InChI=1S/C14H18N4O6/c19-17(20)13-10-12(16-3-7-24-8-4-16)14(18(21)22)9-11(13)15-1-5-23-6-2-15/h9-10H,1-8H2. The molecule has 0 spiro atoms. The molecule has 0 amide bonds. The van der Waals surface area contributed by atoms with Gasteiger partial charge in [-0.3, -0.25) is 20.2 Å². The summed E-state index contributed by atoms with van der Waals surface area (Å²) >= 11 is 0. The molecule has 0 radical (unpaired) electrons. The minimum atomic E-state index is -0.488.